The zero-order chi connectivity index (χ0) is 20.8. The summed E-state index contributed by atoms with van der Waals surface area (Å²) in [5.41, 5.74) is 8.79. The maximum absolute atomic E-state index is 12.7. The van der Waals surface area contributed by atoms with Gasteiger partial charge in [-0.3, -0.25) is 9.69 Å². The lowest BCUT2D eigenvalue weighted by Crippen LogP contribution is -2.38. The van der Waals surface area contributed by atoms with Gasteiger partial charge in [-0.15, -0.1) is 11.3 Å². The third-order valence-electron chi connectivity index (χ3n) is 5.00. The molecule has 6 nitrogen and oxygen atoms in total. The predicted molar refractivity (Wildman–Crippen MR) is 121 cm³/mol. The highest BCUT2D eigenvalue weighted by molar-refractivity contribution is 7.13. The molecule has 0 bridgehead atoms. The average molecular weight is 424 g/mol. The Balaban J connectivity index is 1.34. The molecular weight excluding hydrogens is 398 g/mol. The molecule has 4 rings (SSSR count). The van der Waals surface area contributed by atoms with E-state index in [1.165, 1.54) is 0 Å². The number of nitrogen functional groups attached to an aromatic ring is 1. The van der Waals surface area contributed by atoms with Gasteiger partial charge in [0.25, 0.3) is 5.91 Å². The fraction of sp³-hybridized carbons (Fsp3) is 0.261. The van der Waals surface area contributed by atoms with Gasteiger partial charge in [-0.05, 0) is 53.4 Å². The summed E-state index contributed by atoms with van der Waals surface area (Å²) in [4.78, 5) is 16.1. The molecule has 1 saturated heterocycles. The summed E-state index contributed by atoms with van der Waals surface area (Å²) in [6, 6.07) is 16.9. The van der Waals surface area contributed by atoms with Crippen LogP contribution in [0, 0.1) is 0 Å². The van der Waals surface area contributed by atoms with Crippen LogP contribution in [-0.2, 0) is 4.74 Å². The fourth-order valence-electron chi connectivity index (χ4n) is 3.28. The minimum Gasteiger partial charge on any atom is -0.492 e. The van der Waals surface area contributed by atoms with E-state index in [0.29, 0.717) is 23.5 Å². The Morgan fingerprint density at radius 1 is 1.13 bits per heavy atom. The zero-order valence-electron chi connectivity index (χ0n) is 16.7. The number of amides is 1. The molecule has 0 unspecified atom stereocenters. The SMILES string of the molecule is Nc1ccc(-c2cccs2)cc1NC(=O)c1ccc(OCCN2CCOCC2)cc1. The number of nitrogens with zero attached hydrogens (tertiary/aromatic N) is 1. The van der Waals surface area contributed by atoms with Gasteiger partial charge in [0.05, 0.1) is 24.6 Å². The van der Waals surface area contributed by atoms with Crippen LogP contribution < -0.4 is 15.8 Å². The minimum absolute atomic E-state index is 0.204. The number of morpholine rings is 1. The van der Waals surface area contributed by atoms with E-state index in [0.717, 1.165) is 49.0 Å². The summed E-state index contributed by atoms with van der Waals surface area (Å²) in [5, 5.41) is 4.94. The molecule has 1 amide bonds. The number of nitrogens with two attached hydrogens (primary N) is 1. The highest BCUT2D eigenvalue weighted by Crippen LogP contribution is 2.30. The number of anilines is 2. The van der Waals surface area contributed by atoms with Crippen molar-refractivity contribution in [2.75, 3.05) is 50.5 Å². The van der Waals surface area contributed by atoms with Crippen LogP contribution in [0.1, 0.15) is 10.4 Å². The van der Waals surface area contributed by atoms with Crippen LogP contribution in [0.5, 0.6) is 5.75 Å². The standard InChI is InChI=1S/C23H25N3O3S/c24-20-8-5-18(22-2-1-15-30-22)16-21(20)25-23(27)17-3-6-19(7-4-17)29-14-11-26-9-12-28-13-10-26/h1-8,15-16H,9-14,24H2,(H,25,27). The van der Waals surface area contributed by atoms with Crippen molar-refractivity contribution in [3.05, 3.63) is 65.5 Å². The van der Waals surface area contributed by atoms with E-state index in [2.05, 4.69) is 10.2 Å². The molecule has 30 heavy (non-hydrogen) atoms. The lowest BCUT2D eigenvalue weighted by atomic mass is 10.1. The summed E-state index contributed by atoms with van der Waals surface area (Å²) in [6.07, 6.45) is 0. The highest BCUT2D eigenvalue weighted by Gasteiger charge is 2.12. The van der Waals surface area contributed by atoms with E-state index in [4.69, 9.17) is 15.2 Å². The Labute approximate surface area is 180 Å². The molecular formula is C23H25N3O3S. The number of benzene rings is 2. The van der Waals surface area contributed by atoms with Crippen LogP contribution in [0.2, 0.25) is 0 Å². The molecule has 0 radical (unpaired) electrons. The number of carbonyl (C=O) groups excluding carboxylic acids is 1. The smallest absolute Gasteiger partial charge is 0.255 e. The first-order chi connectivity index (χ1) is 14.7. The maximum atomic E-state index is 12.7. The van der Waals surface area contributed by atoms with Crippen molar-refractivity contribution in [1.29, 1.82) is 0 Å². The number of nitrogens with one attached hydrogen (secondary N) is 1. The second-order valence-electron chi connectivity index (χ2n) is 7.06. The van der Waals surface area contributed by atoms with E-state index >= 15 is 0 Å². The van der Waals surface area contributed by atoms with E-state index in [1.807, 2.05) is 47.8 Å². The molecule has 0 aliphatic carbocycles. The molecule has 7 heteroatoms. The molecule has 1 aromatic heterocycles. The predicted octanol–water partition coefficient (Wildman–Crippen LogP) is 3.96. The number of rotatable bonds is 7. The van der Waals surface area contributed by atoms with Crippen molar-refractivity contribution < 1.29 is 14.3 Å². The van der Waals surface area contributed by atoms with Gasteiger partial charge in [-0.25, -0.2) is 0 Å². The monoisotopic (exact) mass is 423 g/mol. The number of carbonyl (C=O) groups is 1. The third kappa shape index (κ3) is 5.18. The van der Waals surface area contributed by atoms with E-state index in [-0.39, 0.29) is 5.91 Å². The molecule has 1 aliphatic heterocycles. The molecule has 1 fully saturated rings. The van der Waals surface area contributed by atoms with Crippen LogP contribution in [0.4, 0.5) is 11.4 Å². The number of thiophene rings is 1. The van der Waals surface area contributed by atoms with Crippen molar-refractivity contribution in [2.45, 2.75) is 0 Å². The van der Waals surface area contributed by atoms with Gasteiger partial charge in [0.15, 0.2) is 0 Å². The van der Waals surface area contributed by atoms with Crippen molar-refractivity contribution in [3.8, 4) is 16.2 Å². The van der Waals surface area contributed by atoms with E-state index in [9.17, 15) is 4.79 Å². The molecule has 0 atom stereocenters. The van der Waals surface area contributed by atoms with Crippen LogP contribution in [0.15, 0.2) is 60.0 Å². The normalized spacial score (nSPS) is 14.4. The van der Waals surface area contributed by atoms with Gasteiger partial charge >= 0.3 is 0 Å². The second-order valence-corrected chi connectivity index (χ2v) is 8.01. The van der Waals surface area contributed by atoms with Crippen LogP contribution in [-0.4, -0.2) is 50.3 Å². The van der Waals surface area contributed by atoms with Crippen molar-refractivity contribution in [1.82, 2.24) is 4.90 Å². The molecule has 3 N–H and O–H groups in total. The Morgan fingerprint density at radius 3 is 2.67 bits per heavy atom. The van der Waals surface area contributed by atoms with E-state index < -0.39 is 0 Å². The number of hydrogen-bond donors (Lipinski definition) is 2. The summed E-state index contributed by atoms with van der Waals surface area (Å²) >= 11 is 1.65. The Bertz CT molecular complexity index is 968. The summed E-state index contributed by atoms with van der Waals surface area (Å²) in [7, 11) is 0. The Morgan fingerprint density at radius 2 is 1.93 bits per heavy atom. The molecule has 3 aromatic rings. The van der Waals surface area contributed by atoms with Gasteiger partial charge in [-0.2, -0.15) is 0 Å². The molecule has 2 heterocycles. The third-order valence-corrected chi connectivity index (χ3v) is 5.92. The molecule has 156 valence electrons. The first-order valence-electron chi connectivity index (χ1n) is 9.97. The van der Waals surface area contributed by atoms with Gasteiger partial charge < -0.3 is 20.5 Å². The first-order valence-corrected chi connectivity index (χ1v) is 10.8. The molecule has 0 spiro atoms. The molecule has 2 aromatic carbocycles. The van der Waals surface area contributed by atoms with Crippen LogP contribution in [0.3, 0.4) is 0 Å². The molecule has 0 saturated carbocycles. The van der Waals surface area contributed by atoms with Gasteiger partial charge in [0.2, 0.25) is 0 Å². The maximum Gasteiger partial charge on any atom is 0.255 e. The van der Waals surface area contributed by atoms with Crippen molar-refractivity contribution >= 4 is 28.6 Å². The number of hydrogen-bond acceptors (Lipinski definition) is 6. The van der Waals surface area contributed by atoms with Crippen LogP contribution >= 0.6 is 11.3 Å². The summed E-state index contributed by atoms with van der Waals surface area (Å²) in [6.45, 7) is 4.93. The highest BCUT2D eigenvalue weighted by atomic mass is 32.1. The van der Waals surface area contributed by atoms with Gasteiger partial charge in [-0.1, -0.05) is 12.1 Å². The van der Waals surface area contributed by atoms with E-state index in [1.54, 1.807) is 23.5 Å². The summed E-state index contributed by atoms with van der Waals surface area (Å²) < 4.78 is 11.2. The second kappa shape index (κ2) is 9.75. The fourth-order valence-corrected chi connectivity index (χ4v) is 4.00. The first kappa shape index (κ1) is 20.4. The lowest BCUT2D eigenvalue weighted by Gasteiger charge is -2.26. The average Bonchev–Trinajstić information content (AvgIpc) is 3.31. The largest absolute Gasteiger partial charge is 0.492 e. The zero-order valence-corrected chi connectivity index (χ0v) is 17.5. The lowest BCUT2D eigenvalue weighted by molar-refractivity contribution is 0.0322. The topological polar surface area (TPSA) is 76.8 Å². The minimum atomic E-state index is -0.204. The van der Waals surface area contributed by atoms with Crippen molar-refractivity contribution in [3.63, 3.8) is 0 Å². The summed E-state index contributed by atoms with van der Waals surface area (Å²) in [5.74, 6) is 0.545. The van der Waals surface area contributed by atoms with Crippen molar-refractivity contribution in [2.24, 2.45) is 0 Å². The van der Waals surface area contributed by atoms with Gasteiger partial charge in [0, 0.05) is 30.1 Å². The Kier molecular flexibility index (Phi) is 6.63. The Hall–Kier alpha value is -2.87. The van der Waals surface area contributed by atoms with Crippen LogP contribution in [0.25, 0.3) is 10.4 Å². The quantitative estimate of drug-likeness (QED) is 0.563. The number of ether oxygens (including phenoxy) is 2. The van der Waals surface area contributed by atoms with Gasteiger partial charge in [0.1, 0.15) is 12.4 Å². The molecule has 1 aliphatic rings.